The van der Waals surface area contributed by atoms with Crippen LogP contribution >= 0.6 is 0 Å². The van der Waals surface area contributed by atoms with Crippen LogP contribution in [0.2, 0.25) is 0 Å². The van der Waals surface area contributed by atoms with Crippen molar-refractivity contribution in [1.82, 2.24) is 0 Å². The number of aromatic hydroxyl groups is 2. The van der Waals surface area contributed by atoms with Gasteiger partial charge in [0.1, 0.15) is 11.5 Å². The van der Waals surface area contributed by atoms with Crippen LogP contribution in [-0.2, 0) is 17.6 Å². The highest BCUT2D eigenvalue weighted by Crippen LogP contribution is 2.35. The van der Waals surface area contributed by atoms with Gasteiger partial charge in [-0.15, -0.1) is 13.2 Å². The summed E-state index contributed by atoms with van der Waals surface area (Å²) in [7, 11) is 0. The van der Waals surface area contributed by atoms with Crippen molar-refractivity contribution in [1.29, 1.82) is 0 Å². The summed E-state index contributed by atoms with van der Waals surface area (Å²) in [4.78, 5) is 10.7. The van der Waals surface area contributed by atoms with E-state index >= 15 is 0 Å². The number of aliphatic carboxylic acids is 1. The molecule has 4 heteroatoms. The predicted octanol–water partition coefficient (Wildman–Crippen LogP) is 5.02. The van der Waals surface area contributed by atoms with Gasteiger partial charge in [0.15, 0.2) is 0 Å². The lowest BCUT2D eigenvalue weighted by Crippen LogP contribution is -2.08. The number of phenolic OH excluding ortho intramolecular Hbond substituents is 2. The fourth-order valence-electron chi connectivity index (χ4n) is 2.57. The van der Waals surface area contributed by atoms with Crippen molar-refractivity contribution >= 4 is 12.0 Å². The molecular weight excluding hydrogens is 328 g/mol. The molecule has 140 valence electrons. The number of carboxylic acids is 1. The Morgan fingerprint density at radius 2 is 1.85 bits per heavy atom. The molecule has 0 aliphatic heterocycles. The fourth-order valence-corrected chi connectivity index (χ4v) is 2.57. The molecule has 0 heterocycles. The Morgan fingerprint density at radius 1 is 1.15 bits per heavy atom. The minimum Gasteiger partial charge on any atom is -0.508 e. The van der Waals surface area contributed by atoms with Crippen LogP contribution in [0.3, 0.4) is 0 Å². The number of hydrogen-bond donors (Lipinski definition) is 3. The zero-order valence-electron chi connectivity index (χ0n) is 15.3. The first-order chi connectivity index (χ1) is 12.4. The Bertz CT molecular complexity index is 699. The van der Waals surface area contributed by atoms with Crippen molar-refractivity contribution in [2.45, 2.75) is 39.0 Å². The smallest absolute Gasteiger partial charge is 0.306 e. The Kier molecular flexibility index (Phi) is 8.99. The quantitative estimate of drug-likeness (QED) is 0.384. The van der Waals surface area contributed by atoms with Gasteiger partial charge in [0.25, 0.3) is 0 Å². The molecule has 1 atom stereocenters. The van der Waals surface area contributed by atoms with Crippen LogP contribution in [0.1, 0.15) is 42.9 Å². The van der Waals surface area contributed by atoms with Crippen LogP contribution in [-0.4, -0.2) is 21.3 Å². The van der Waals surface area contributed by atoms with Crippen LogP contribution in [0.5, 0.6) is 11.5 Å². The van der Waals surface area contributed by atoms with Crippen molar-refractivity contribution in [3.63, 3.8) is 0 Å². The third kappa shape index (κ3) is 6.28. The van der Waals surface area contributed by atoms with Gasteiger partial charge in [0.05, 0.1) is 5.92 Å². The second-order valence-corrected chi connectivity index (χ2v) is 6.21. The summed E-state index contributed by atoms with van der Waals surface area (Å²) in [6.07, 6.45) is 13.9. The molecule has 1 unspecified atom stereocenters. The molecule has 0 fully saturated rings. The van der Waals surface area contributed by atoms with Gasteiger partial charge in [0, 0.05) is 16.7 Å². The molecule has 0 saturated carbocycles. The molecule has 0 amide bonds. The van der Waals surface area contributed by atoms with E-state index in [1.165, 1.54) is 0 Å². The molecule has 0 aliphatic rings. The van der Waals surface area contributed by atoms with E-state index in [9.17, 15) is 15.0 Å². The van der Waals surface area contributed by atoms with Crippen LogP contribution in [0.25, 0.3) is 6.08 Å². The maximum Gasteiger partial charge on any atom is 0.306 e. The normalized spacial score (nSPS) is 12.5. The number of carbonyl (C=O) groups is 1. The highest BCUT2D eigenvalue weighted by Gasteiger charge is 2.14. The molecule has 4 nitrogen and oxygen atoms in total. The molecule has 0 spiro atoms. The summed E-state index contributed by atoms with van der Waals surface area (Å²) in [5.41, 5.74) is 1.86. The zero-order valence-corrected chi connectivity index (χ0v) is 15.3. The van der Waals surface area contributed by atoms with E-state index in [0.29, 0.717) is 48.8 Å². The topological polar surface area (TPSA) is 77.8 Å². The zero-order chi connectivity index (χ0) is 19.5. The summed E-state index contributed by atoms with van der Waals surface area (Å²) in [6, 6.07) is 1.57. The molecular formula is C22H28O4. The number of allylic oxidation sites excluding steroid dienone is 5. The van der Waals surface area contributed by atoms with Gasteiger partial charge in [-0.3, -0.25) is 4.79 Å². The van der Waals surface area contributed by atoms with Crippen LogP contribution < -0.4 is 0 Å². The Morgan fingerprint density at radius 3 is 2.46 bits per heavy atom. The summed E-state index contributed by atoms with van der Waals surface area (Å²) < 4.78 is 0. The van der Waals surface area contributed by atoms with E-state index in [0.717, 1.165) is 0 Å². The molecule has 0 aromatic heterocycles. The van der Waals surface area contributed by atoms with E-state index < -0.39 is 5.97 Å². The summed E-state index contributed by atoms with van der Waals surface area (Å²) in [6.45, 7) is 9.06. The molecule has 0 saturated heterocycles. The minimum atomic E-state index is -0.775. The first kappa shape index (κ1) is 21.3. The lowest BCUT2D eigenvalue weighted by molar-refractivity contribution is -0.141. The first-order valence-corrected chi connectivity index (χ1v) is 8.75. The Hall–Kier alpha value is -2.75. The van der Waals surface area contributed by atoms with E-state index in [2.05, 4.69) is 13.2 Å². The van der Waals surface area contributed by atoms with Gasteiger partial charge in [-0.25, -0.2) is 0 Å². The van der Waals surface area contributed by atoms with Crippen molar-refractivity contribution < 1.29 is 20.1 Å². The van der Waals surface area contributed by atoms with Gasteiger partial charge in [0.2, 0.25) is 0 Å². The highest BCUT2D eigenvalue weighted by atomic mass is 16.4. The summed E-state index contributed by atoms with van der Waals surface area (Å²) >= 11 is 0. The van der Waals surface area contributed by atoms with Gasteiger partial charge in [-0.2, -0.15) is 0 Å². The molecule has 0 aliphatic carbocycles. The second kappa shape index (κ2) is 11.0. The molecule has 26 heavy (non-hydrogen) atoms. The van der Waals surface area contributed by atoms with E-state index in [1.807, 2.05) is 18.2 Å². The number of hydrogen-bond acceptors (Lipinski definition) is 3. The molecule has 0 radical (unpaired) electrons. The lowest BCUT2D eigenvalue weighted by atomic mass is 9.96. The number of benzene rings is 1. The maximum absolute atomic E-state index is 10.7. The van der Waals surface area contributed by atoms with Crippen molar-refractivity contribution in [2.24, 2.45) is 5.92 Å². The third-order valence-electron chi connectivity index (χ3n) is 4.13. The standard InChI is InChI=1S/C22H28O4/c1-4-11-17-15-20(23)18(12-5-2)19(21(17)24)14-10-8-6-7-9-13-16(3)22(25)26/h4-7,10,14-16,23-24H,1-2,8-9,11-13H2,3H3,(H,25,26). The average molecular weight is 356 g/mol. The van der Waals surface area contributed by atoms with Crippen molar-refractivity contribution in [3.05, 3.63) is 66.3 Å². The monoisotopic (exact) mass is 356 g/mol. The number of carboxylic acid groups (broad SMARTS) is 1. The van der Waals surface area contributed by atoms with E-state index in [1.54, 1.807) is 31.2 Å². The molecule has 1 aromatic carbocycles. The largest absolute Gasteiger partial charge is 0.508 e. The van der Waals surface area contributed by atoms with E-state index in [-0.39, 0.29) is 17.4 Å². The lowest BCUT2D eigenvalue weighted by Gasteiger charge is -2.13. The molecule has 3 N–H and O–H groups in total. The average Bonchev–Trinajstić information content (AvgIpc) is 2.60. The van der Waals surface area contributed by atoms with Crippen molar-refractivity contribution in [2.75, 3.05) is 0 Å². The van der Waals surface area contributed by atoms with Crippen LogP contribution in [0.15, 0.2) is 49.6 Å². The molecule has 1 aromatic rings. The number of rotatable bonds is 11. The van der Waals surface area contributed by atoms with Crippen LogP contribution in [0.4, 0.5) is 0 Å². The van der Waals surface area contributed by atoms with Crippen LogP contribution in [0, 0.1) is 5.92 Å². The van der Waals surface area contributed by atoms with Gasteiger partial charge in [-0.1, -0.05) is 43.4 Å². The Balaban J connectivity index is 2.83. The summed E-state index contributed by atoms with van der Waals surface area (Å²) in [5.74, 6) is -0.834. The van der Waals surface area contributed by atoms with E-state index in [4.69, 9.17) is 5.11 Å². The summed E-state index contributed by atoms with van der Waals surface area (Å²) in [5, 5.41) is 29.6. The van der Waals surface area contributed by atoms with Gasteiger partial charge < -0.3 is 15.3 Å². The number of phenols is 2. The minimum absolute atomic E-state index is 0.136. The van der Waals surface area contributed by atoms with Crippen molar-refractivity contribution in [3.8, 4) is 11.5 Å². The third-order valence-corrected chi connectivity index (χ3v) is 4.13. The predicted molar refractivity (Wildman–Crippen MR) is 106 cm³/mol. The fraction of sp³-hybridized carbons (Fsp3) is 0.318. The van der Waals surface area contributed by atoms with Gasteiger partial charge >= 0.3 is 5.97 Å². The Labute approximate surface area is 155 Å². The molecule has 1 rings (SSSR count). The maximum atomic E-state index is 10.7. The SMILES string of the molecule is C=CCc1cc(O)c(CC=C)c(C=CCC=CCCC(C)C(=O)O)c1O. The highest BCUT2D eigenvalue weighted by molar-refractivity contribution is 5.69. The molecule has 0 bridgehead atoms. The van der Waals surface area contributed by atoms with Gasteiger partial charge in [-0.05, 0) is 38.2 Å². The second-order valence-electron chi connectivity index (χ2n) is 6.21. The first-order valence-electron chi connectivity index (χ1n) is 8.75.